The lowest BCUT2D eigenvalue weighted by Crippen LogP contribution is -2.32. The molecule has 1 N–H and O–H groups in total. The Morgan fingerprint density at radius 3 is 2.71 bits per heavy atom. The average Bonchev–Trinajstić information content (AvgIpc) is 2.63. The zero-order valence-electron chi connectivity index (χ0n) is 11.4. The van der Waals surface area contributed by atoms with E-state index in [9.17, 15) is 23.3 Å². The molecule has 9 heteroatoms. The summed E-state index contributed by atoms with van der Waals surface area (Å²) in [5.41, 5.74) is -0.358. The number of sulfonamides is 1. The summed E-state index contributed by atoms with van der Waals surface area (Å²) in [5.74, 6) is -0.628. The van der Waals surface area contributed by atoms with Crippen LogP contribution in [0.5, 0.6) is 0 Å². The molecule has 0 saturated carbocycles. The largest absolute Gasteiger partial charge is 0.317 e. The van der Waals surface area contributed by atoms with Crippen LogP contribution in [0, 0.1) is 10.1 Å². The van der Waals surface area contributed by atoms with E-state index in [0.717, 1.165) is 23.0 Å². The second-order valence-electron chi connectivity index (χ2n) is 4.53. The number of hydrogen-bond acceptors (Lipinski definition) is 6. The van der Waals surface area contributed by atoms with Crippen LogP contribution in [0.2, 0.25) is 0 Å². The summed E-state index contributed by atoms with van der Waals surface area (Å²) < 4.78 is 25.4. The van der Waals surface area contributed by atoms with Gasteiger partial charge in [-0.2, -0.15) is 0 Å². The van der Waals surface area contributed by atoms with Gasteiger partial charge in [-0.05, 0) is 25.6 Å². The fourth-order valence-electron chi connectivity index (χ4n) is 2.12. The number of hydrogen-bond donors (Lipinski definition) is 1. The van der Waals surface area contributed by atoms with Crippen molar-refractivity contribution in [2.45, 2.75) is 18.2 Å². The van der Waals surface area contributed by atoms with Crippen LogP contribution in [0.1, 0.15) is 23.7 Å². The normalized spacial score (nSPS) is 16.0. The van der Waals surface area contributed by atoms with E-state index >= 15 is 0 Å². The van der Waals surface area contributed by atoms with Gasteiger partial charge in [-0.1, -0.05) is 6.92 Å². The smallest absolute Gasteiger partial charge is 0.270 e. The maximum Gasteiger partial charge on any atom is 0.270 e. The van der Waals surface area contributed by atoms with Gasteiger partial charge in [0.15, 0.2) is 0 Å². The lowest BCUT2D eigenvalue weighted by molar-refractivity contribution is -0.385. The Kier molecular flexibility index (Phi) is 4.24. The fraction of sp³-hybridized carbons (Fsp3) is 0.417. The van der Waals surface area contributed by atoms with Gasteiger partial charge in [0.25, 0.3) is 21.6 Å². The van der Waals surface area contributed by atoms with Crippen molar-refractivity contribution in [3.63, 3.8) is 0 Å². The molecule has 1 aliphatic heterocycles. The maximum absolute atomic E-state index is 12.3. The average molecular weight is 313 g/mol. The molecule has 1 aromatic rings. The number of nitrogens with one attached hydrogen (secondary N) is 1. The monoisotopic (exact) mass is 313 g/mol. The predicted octanol–water partition coefficient (Wildman–Crippen LogP) is 0.739. The van der Waals surface area contributed by atoms with Crippen LogP contribution in [0.3, 0.4) is 0 Å². The quantitative estimate of drug-likeness (QED) is 0.471. The molecule has 0 saturated heterocycles. The van der Waals surface area contributed by atoms with E-state index in [2.05, 4.69) is 5.32 Å². The van der Waals surface area contributed by atoms with Crippen LogP contribution in [0.25, 0.3) is 0 Å². The summed E-state index contributed by atoms with van der Waals surface area (Å²) >= 11 is 0. The van der Waals surface area contributed by atoms with Crippen LogP contribution in [0.15, 0.2) is 23.1 Å². The van der Waals surface area contributed by atoms with Crippen LogP contribution >= 0.6 is 0 Å². The standard InChI is InChI=1S/C12H15N3O5S/c1-2-13-6-3-7-14-12(16)10-5-4-9(15(17)18)8-11(10)21(14,19)20/h4-5,8,13H,2-3,6-7H2,1H3. The molecule has 0 bridgehead atoms. The van der Waals surface area contributed by atoms with E-state index in [1.165, 1.54) is 6.07 Å². The maximum atomic E-state index is 12.3. The Bertz CT molecular complexity index is 686. The molecule has 1 aliphatic rings. The number of benzene rings is 1. The highest BCUT2D eigenvalue weighted by Crippen LogP contribution is 2.32. The second-order valence-corrected chi connectivity index (χ2v) is 6.36. The summed E-state index contributed by atoms with van der Waals surface area (Å²) in [6.45, 7) is 3.32. The van der Waals surface area contributed by atoms with Crippen molar-refractivity contribution in [2.75, 3.05) is 19.6 Å². The molecule has 0 atom stereocenters. The third-order valence-electron chi connectivity index (χ3n) is 3.17. The van der Waals surface area contributed by atoms with Gasteiger partial charge in [0.2, 0.25) is 0 Å². The Morgan fingerprint density at radius 1 is 1.38 bits per heavy atom. The van der Waals surface area contributed by atoms with Crippen LogP contribution in [-0.2, 0) is 10.0 Å². The predicted molar refractivity (Wildman–Crippen MR) is 74.5 cm³/mol. The van der Waals surface area contributed by atoms with Crippen molar-refractivity contribution in [3.8, 4) is 0 Å². The summed E-state index contributed by atoms with van der Waals surface area (Å²) in [5, 5.41) is 13.8. The Hall–Kier alpha value is -2.00. The van der Waals surface area contributed by atoms with Gasteiger partial charge in [0.1, 0.15) is 4.90 Å². The van der Waals surface area contributed by atoms with E-state index in [4.69, 9.17) is 0 Å². The molecule has 0 unspecified atom stereocenters. The molecule has 8 nitrogen and oxygen atoms in total. The van der Waals surface area contributed by atoms with Crippen molar-refractivity contribution in [1.82, 2.24) is 9.62 Å². The Morgan fingerprint density at radius 2 is 2.10 bits per heavy atom. The van der Waals surface area contributed by atoms with E-state index in [1.54, 1.807) is 0 Å². The van der Waals surface area contributed by atoms with E-state index in [0.29, 0.717) is 13.0 Å². The summed E-state index contributed by atoms with van der Waals surface area (Å²) in [4.78, 5) is 21.9. The van der Waals surface area contributed by atoms with Gasteiger partial charge in [0.05, 0.1) is 10.5 Å². The molecule has 0 aliphatic carbocycles. The molecule has 0 fully saturated rings. The number of carbonyl (C=O) groups is 1. The van der Waals surface area contributed by atoms with Gasteiger partial charge in [-0.25, -0.2) is 12.7 Å². The number of carbonyl (C=O) groups excluding carboxylic acids is 1. The second kappa shape index (κ2) is 5.78. The number of nitrogens with zero attached hydrogens (tertiary/aromatic N) is 2. The van der Waals surface area contributed by atoms with Crippen LogP contribution in [-0.4, -0.2) is 43.2 Å². The van der Waals surface area contributed by atoms with Crippen molar-refractivity contribution < 1.29 is 18.1 Å². The highest BCUT2D eigenvalue weighted by atomic mass is 32.2. The number of nitro benzene ring substituents is 1. The van der Waals surface area contributed by atoms with Crippen molar-refractivity contribution >= 4 is 21.6 Å². The Balaban J connectivity index is 2.29. The lowest BCUT2D eigenvalue weighted by Gasteiger charge is -2.14. The molecule has 21 heavy (non-hydrogen) atoms. The fourth-order valence-corrected chi connectivity index (χ4v) is 3.75. The highest BCUT2D eigenvalue weighted by molar-refractivity contribution is 7.90. The minimum absolute atomic E-state index is 0.0101. The molecule has 114 valence electrons. The lowest BCUT2D eigenvalue weighted by atomic mass is 10.2. The SMILES string of the molecule is CCNCCCN1C(=O)c2ccc([N+](=O)[O-])cc2S1(=O)=O. The molecule has 1 amide bonds. The Labute approximate surface area is 122 Å². The van der Waals surface area contributed by atoms with E-state index in [-0.39, 0.29) is 22.7 Å². The number of fused-ring (bicyclic) bond motifs is 1. The van der Waals surface area contributed by atoms with E-state index < -0.39 is 20.9 Å². The first-order valence-electron chi connectivity index (χ1n) is 6.45. The molecule has 1 aromatic carbocycles. The first-order chi connectivity index (χ1) is 9.89. The molecular formula is C12H15N3O5S. The number of non-ortho nitro benzene ring substituents is 1. The number of rotatable bonds is 6. The summed E-state index contributed by atoms with van der Waals surface area (Å²) in [7, 11) is -3.99. The molecule has 0 radical (unpaired) electrons. The van der Waals surface area contributed by atoms with Crippen molar-refractivity contribution in [2.24, 2.45) is 0 Å². The molecular weight excluding hydrogens is 298 g/mol. The summed E-state index contributed by atoms with van der Waals surface area (Å²) in [6, 6.07) is 3.26. The third-order valence-corrected chi connectivity index (χ3v) is 4.99. The van der Waals surface area contributed by atoms with Gasteiger partial charge in [-0.3, -0.25) is 14.9 Å². The van der Waals surface area contributed by atoms with Crippen LogP contribution < -0.4 is 5.32 Å². The first kappa shape index (κ1) is 15.4. The number of nitro groups is 1. The topological polar surface area (TPSA) is 110 Å². The minimum atomic E-state index is -3.99. The van der Waals surface area contributed by atoms with Crippen LogP contribution in [0.4, 0.5) is 5.69 Å². The van der Waals surface area contributed by atoms with Gasteiger partial charge in [0, 0.05) is 18.7 Å². The molecule has 0 spiro atoms. The minimum Gasteiger partial charge on any atom is -0.317 e. The van der Waals surface area contributed by atoms with Gasteiger partial charge in [-0.15, -0.1) is 0 Å². The molecule has 0 aromatic heterocycles. The third kappa shape index (κ3) is 2.74. The molecule has 2 rings (SSSR count). The molecule has 1 heterocycles. The van der Waals surface area contributed by atoms with E-state index in [1.807, 2.05) is 6.92 Å². The van der Waals surface area contributed by atoms with Gasteiger partial charge < -0.3 is 5.32 Å². The van der Waals surface area contributed by atoms with Gasteiger partial charge >= 0.3 is 0 Å². The van der Waals surface area contributed by atoms with Crippen molar-refractivity contribution in [1.29, 1.82) is 0 Å². The highest BCUT2D eigenvalue weighted by Gasteiger charge is 2.41. The first-order valence-corrected chi connectivity index (χ1v) is 7.90. The zero-order chi connectivity index (χ0) is 15.6. The van der Waals surface area contributed by atoms with Crippen molar-refractivity contribution in [3.05, 3.63) is 33.9 Å². The summed E-state index contributed by atoms with van der Waals surface area (Å²) in [6.07, 6.45) is 0.481. The number of amides is 1. The zero-order valence-corrected chi connectivity index (χ0v) is 12.2.